The molecule has 0 bridgehead atoms. The number of nitrogens with one attached hydrogen (secondary N) is 1. The fraction of sp³-hybridized carbons (Fsp3) is 0.464. The molecule has 7 nitrogen and oxygen atoms in total. The zero-order valence-corrected chi connectivity index (χ0v) is 20.4. The summed E-state index contributed by atoms with van der Waals surface area (Å²) in [6.45, 7) is 4.34. The average Bonchev–Trinajstić information content (AvgIpc) is 3.60. The molecule has 2 aromatic carbocycles. The lowest BCUT2D eigenvalue weighted by molar-refractivity contribution is -0.139. The fourth-order valence-electron chi connectivity index (χ4n) is 4.91. The first-order valence-electron chi connectivity index (χ1n) is 12.5. The van der Waals surface area contributed by atoms with Gasteiger partial charge in [-0.2, -0.15) is 0 Å². The second-order valence-electron chi connectivity index (χ2n) is 9.82. The summed E-state index contributed by atoms with van der Waals surface area (Å²) in [6, 6.07) is 15.5. The van der Waals surface area contributed by atoms with E-state index >= 15 is 0 Å². The highest BCUT2D eigenvalue weighted by Gasteiger charge is 2.34. The maximum absolute atomic E-state index is 13.4. The summed E-state index contributed by atoms with van der Waals surface area (Å²) in [5, 5.41) is 11.8. The van der Waals surface area contributed by atoms with Crippen LogP contribution in [-0.2, 0) is 14.3 Å². The Balaban J connectivity index is 1.41. The molecular weight excluding hydrogens is 444 g/mol. The van der Waals surface area contributed by atoms with E-state index in [2.05, 4.69) is 29.6 Å². The van der Waals surface area contributed by atoms with Crippen LogP contribution in [0.15, 0.2) is 48.5 Å². The van der Waals surface area contributed by atoms with Crippen molar-refractivity contribution in [2.75, 3.05) is 13.2 Å². The van der Waals surface area contributed by atoms with Gasteiger partial charge < -0.3 is 20.1 Å². The van der Waals surface area contributed by atoms with Crippen LogP contribution in [0, 0.1) is 5.92 Å². The van der Waals surface area contributed by atoms with E-state index in [-0.39, 0.29) is 30.9 Å². The van der Waals surface area contributed by atoms with Crippen LogP contribution in [0.4, 0.5) is 4.79 Å². The standard InChI is InChI=1S/C28H34N2O5/c1-18(2)30(15-7-12-26(31)32)27(33)25(16-19-13-14-19)29-28(34)35-17-24-22-10-5-3-8-20(22)21-9-4-6-11-23(21)24/h3-6,8-11,18-19,24-25H,7,12-17H2,1-2H3,(H,29,34)(H,31,32). The van der Waals surface area contributed by atoms with Crippen molar-refractivity contribution >= 4 is 18.0 Å². The first kappa shape index (κ1) is 24.8. The van der Waals surface area contributed by atoms with Gasteiger partial charge in [-0.25, -0.2) is 4.79 Å². The lowest BCUT2D eigenvalue weighted by Gasteiger charge is -2.31. The van der Waals surface area contributed by atoms with Crippen molar-refractivity contribution in [1.29, 1.82) is 0 Å². The first-order valence-corrected chi connectivity index (χ1v) is 12.5. The number of carbonyl (C=O) groups excluding carboxylic acids is 2. The average molecular weight is 479 g/mol. The Labute approximate surface area is 206 Å². The van der Waals surface area contributed by atoms with Crippen LogP contribution in [0.2, 0.25) is 0 Å². The van der Waals surface area contributed by atoms with Crippen LogP contribution in [0.25, 0.3) is 11.1 Å². The number of alkyl carbamates (subject to hydrolysis) is 1. The second kappa shape index (κ2) is 10.9. The summed E-state index contributed by atoms with van der Waals surface area (Å²) in [7, 11) is 0. The summed E-state index contributed by atoms with van der Waals surface area (Å²) < 4.78 is 5.68. The molecular formula is C28H34N2O5. The van der Waals surface area contributed by atoms with Crippen molar-refractivity contribution in [2.45, 2.75) is 64.0 Å². The van der Waals surface area contributed by atoms with Crippen LogP contribution in [0.5, 0.6) is 0 Å². The summed E-state index contributed by atoms with van der Waals surface area (Å²) in [5.41, 5.74) is 4.59. The molecule has 0 radical (unpaired) electrons. The van der Waals surface area contributed by atoms with Crippen molar-refractivity contribution in [3.63, 3.8) is 0 Å². The number of fused-ring (bicyclic) bond motifs is 3. The Hall–Kier alpha value is -3.35. The van der Waals surface area contributed by atoms with E-state index in [4.69, 9.17) is 9.84 Å². The van der Waals surface area contributed by atoms with Crippen LogP contribution >= 0.6 is 0 Å². The number of amides is 2. The summed E-state index contributed by atoms with van der Waals surface area (Å²) in [5.74, 6) is -0.682. The predicted octanol–water partition coefficient (Wildman–Crippen LogP) is 4.80. The Morgan fingerprint density at radius 1 is 1.03 bits per heavy atom. The van der Waals surface area contributed by atoms with E-state index in [1.54, 1.807) is 4.90 Å². The van der Waals surface area contributed by atoms with Crippen LogP contribution in [-0.4, -0.2) is 53.2 Å². The highest BCUT2D eigenvalue weighted by Crippen LogP contribution is 2.44. The molecule has 1 fully saturated rings. The second-order valence-corrected chi connectivity index (χ2v) is 9.82. The topological polar surface area (TPSA) is 95.9 Å². The Kier molecular flexibility index (Phi) is 7.73. The van der Waals surface area contributed by atoms with Gasteiger partial charge >= 0.3 is 12.1 Å². The maximum Gasteiger partial charge on any atom is 0.407 e. The molecule has 2 aliphatic carbocycles. The Bertz CT molecular complexity index is 1030. The quantitative estimate of drug-likeness (QED) is 0.484. The molecule has 0 saturated heterocycles. The minimum atomic E-state index is -0.882. The van der Waals surface area contributed by atoms with Crippen molar-refractivity contribution in [1.82, 2.24) is 10.2 Å². The normalized spacial score (nSPS) is 15.3. The molecule has 0 heterocycles. The van der Waals surface area contributed by atoms with Crippen LogP contribution < -0.4 is 5.32 Å². The molecule has 0 spiro atoms. The zero-order chi connectivity index (χ0) is 24.9. The van der Waals surface area contributed by atoms with Gasteiger partial charge in [0.25, 0.3) is 0 Å². The van der Waals surface area contributed by atoms with Crippen molar-refractivity contribution in [3.05, 3.63) is 59.7 Å². The molecule has 2 amide bonds. The number of nitrogens with zero attached hydrogens (tertiary/aromatic N) is 1. The Morgan fingerprint density at radius 2 is 1.63 bits per heavy atom. The number of carbonyl (C=O) groups is 3. The number of rotatable bonds is 11. The van der Waals surface area contributed by atoms with Gasteiger partial charge in [0.05, 0.1) is 0 Å². The van der Waals surface area contributed by atoms with E-state index in [1.807, 2.05) is 38.1 Å². The third kappa shape index (κ3) is 6.02. The van der Waals surface area contributed by atoms with Gasteiger partial charge in [-0.1, -0.05) is 61.4 Å². The molecule has 0 aromatic heterocycles. The number of hydrogen-bond donors (Lipinski definition) is 2. The Morgan fingerprint density at radius 3 is 2.17 bits per heavy atom. The third-order valence-electron chi connectivity index (χ3n) is 6.90. The van der Waals surface area contributed by atoms with Gasteiger partial charge in [0.1, 0.15) is 12.6 Å². The number of aliphatic carboxylic acids is 1. The lowest BCUT2D eigenvalue weighted by Crippen LogP contribution is -2.51. The van der Waals surface area contributed by atoms with Gasteiger partial charge in [0, 0.05) is 24.9 Å². The predicted molar refractivity (Wildman–Crippen MR) is 133 cm³/mol. The minimum absolute atomic E-state index is 0.00357. The van der Waals surface area contributed by atoms with Crippen molar-refractivity contribution in [2.24, 2.45) is 5.92 Å². The third-order valence-corrected chi connectivity index (χ3v) is 6.90. The number of carboxylic acids is 1. The monoisotopic (exact) mass is 478 g/mol. The molecule has 1 atom stereocenters. The number of benzene rings is 2. The summed E-state index contributed by atoms with van der Waals surface area (Å²) in [4.78, 5) is 38.8. The van der Waals surface area contributed by atoms with Gasteiger partial charge in [0.2, 0.25) is 5.91 Å². The molecule has 186 valence electrons. The molecule has 2 aliphatic rings. The van der Waals surface area contributed by atoms with E-state index in [9.17, 15) is 14.4 Å². The van der Waals surface area contributed by atoms with Crippen LogP contribution in [0.1, 0.15) is 63.0 Å². The smallest absolute Gasteiger partial charge is 0.407 e. The largest absolute Gasteiger partial charge is 0.481 e. The molecule has 2 aromatic rings. The number of carboxylic acid groups (broad SMARTS) is 1. The van der Waals surface area contributed by atoms with E-state index in [0.717, 1.165) is 35.1 Å². The molecule has 7 heteroatoms. The molecule has 0 aliphatic heterocycles. The molecule has 2 N–H and O–H groups in total. The number of ether oxygens (including phenoxy) is 1. The molecule has 1 saturated carbocycles. The zero-order valence-electron chi connectivity index (χ0n) is 20.4. The van der Waals surface area contributed by atoms with Gasteiger partial charge in [-0.15, -0.1) is 0 Å². The van der Waals surface area contributed by atoms with Crippen LogP contribution in [0.3, 0.4) is 0 Å². The molecule has 4 rings (SSSR count). The highest BCUT2D eigenvalue weighted by molar-refractivity contribution is 5.86. The number of hydrogen-bond acceptors (Lipinski definition) is 4. The van der Waals surface area contributed by atoms with E-state index < -0.39 is 18.1 Å². The lowest BCUT2D eigenvalue weighted by atomic mass is 9.98. The first-order chi connectivity index (χ1) is 16.8. The van der Waals surface area contributed by atoms with Crippen molar-refractivity contribution < 1.29 is 24.2 Å². The van der Waals surface area contributed by atoms with Gasteiger partial charge in [-0.3, -0.25) is 9.59 Å². The summed E-state index contributed by atoms with van der Waals surface area (Å²) in [6.07, 6.45) is 2.46. The highest BCUT2D eigenvalue weighted by atomic mass is 16.5. The van der Waals surface area contributed by atoms with Crippen molar-refractivity contribution in [3.8, 4) is 11.1 Å². The maximum atomic E-state index is 13.4. The van der Waals surface area contributed by atoms with Gasteiger partial charge in [-0.05, 0) is 54.9 Å². The van der Waals surface area contributed by atoms with E-state index in [0.29, 0.717) is 25.3 Å². The summed E-state index contributed by atoms with van der Waals surface area (Å²) >= 11 is 0. The minimum Gasteiger partial charge on any atom is -0.481 e. The molecule has 35 heavy (non-hydrogen) atoms. The fourth-order valence-corrected chi connectivity index (χ4v) is 4.91. The van der Waals surface area contributed by atoms with Gasteiger partial charge in [0.15, 0.2) is 0 Å². The SMILES string of the molecule is CC(C)N(CCCC(=O)O)C(=O)C(CC1CC1)NC(=O)OCC1c2ccccc2-c2ccccc21. The van der Waals surface area contributed by atoms with E-state index in [1.165, 1.54) is 0 Å². The molecule has 1 unspecified atom stereocenters.